The lowest BCUT2D eigenvalue weighted by molar-refractivity contribution is -0.144. The summed E-state index contributed by atoms with van der Waals surface area (Å²) in [4.78, 5) is 38.9. The van der Waals surface area contributed by atoms with E-state index in [1.807, 2.05) is 0 Å². The summed E-state index contributed by atoms with van der Waals surface area (Å²) >= 11 is 12.1. The fraction of sp³-hybridized carbons (Fsp3) is 0.208. The van der Waals surface area contributed by atoms with Gasteiger partial charge in [-0.2, -0.15) is 0 Å². The van der Waals surface area contributed by atoms with Crippen LogP contribution in [0.2, 0.25) is 10.0 Å². The molecule has 0 spiro atoms. The number of carbonyl (C=O) groups is 1. The van der Waals surface area contributed by atoms with E-state index in [1.54, 1.807) is 60.4 Å². The van der Waals surface area contributed by atoms with Crippen LogP contribution in [0.5, 0.6) is 0 Å². The van der Waals surface area contributed by atoms with Gasteiger partial charge in [-0.25, -0.2) is 9.59 Å². The van der Waals surface area contributed by atoms with E-state index in [2.05, 4.69) is 0 Å². The summed E-state index contributed by atoms with van der Waals surface area (Å²) < 4.78 is 15.8. The molecule has 4 aromatic rings. The molecule has 0 saturated heterocycles. The van der Waals surface area contributed by atoms with Crippen LogP contribution in [0.1, 0.15) is 18.1 Å². The van der Waals surface area contributed by atoms with Crippen molar-refractivity contribution in [3.63, 3.8) is 0 Å². The van der Waals surface area contributed by atoms with Crippen molar-refractivity contribution in [1.29, 1.82) is 0 Å². The molecule has 0 aliphatic heterocycles. The zero-order valence-corrected chi connectivity index (χ0v) is 19.1. The van der Waals surface area contributed by atoms with Gasteiger partial charge in [0.2, 0.25) is 0 Å². The third-order valence-electron chi connectivity index (χ3n) is 4.98. The molecular weight excluding hydrogens is 469 g/mol. The highest BCUT2D eigenvalue weighted by atomic mass is 35.5. The average Bonchev–Trinajstić information content (AvgIpc) is 2.75. The van der Waals surface area contributed by atoms with E-state index >= 15 is 0 Å². The molecule has 0 saturated carbocycles. The Kier molecular flexibility index (Phi) is 6.83. The van der Waals surface area contributed by atoms with Crippen LogP contribution in [-0.2, 0) is 22.6 Å². The zero-order valence-electron chi connectivity index (χ0n) is 17.6. The maximum Gasteiger partial charge on any atom is 0.340 e. The summed E-state index contributed by atoms with van der Waals surface area (Å²) in [5.74, 6) is -0.487. The maximum absolute atomic E-state index is 12.6. The second-order valence-corrected chi connectivity index (χ2v) is 8.31. The monoisotopic (exact) mass is 487 g/mol. The first-order valence-corrected chi connectivity index (χ1v) is 10.9. The molecule has 0 aliphatic rings. The smallest absolute Gasteiger partial charge is 0.340 e. The second kappa shape index (κ2) is 9.79. The van der Waals surface area contributed by atoms with Crippen LogP contribution in [0.3, 0.4) is 0 Å². The minimum atomic E-state index is -0.545. The van der Waals surface area contributed by atoms with Crippen molar-refractivity contribution < 1.29 is 18.4 Å². The Balaban J connectivity index is 1.69. The van der Waals surface area contributed by atoms with Gasteiger partial charge in [0.05, 0.1) is 24.3 Å². The van der Waals surface area contributed by atoms with Gasteiger partial charge in [-0.3, -0.25) is 9.69 Å². The van der Waals surface area contributed by atoms with Crippen molar-refractivity contribution in [3.8, 4) is 0 Å². The quantitative estimate of drug-likeness (QED) is 0.273. The number of halogens is 2. The van der Waals surface area contributed by atoms with Gasteiger partial charge in [-0.15, -0.1) is 0 Å². The van der Waals surface area contributed by atoms with Crippen molar-refractivity contribution in [2.45, 2.75) is 20.0 Å². The van der Waals surface area contributed by atoms with Gasteiger partial charge in [-0.05, 0) is 55.5 Å². The first-order chi connectivity index (χ1) is 15.8. The molecule has 170 valence electrons. The Labute approximate surface area is 198 Å². The summed E-state index contributed by atoms with van der Waals surface area (Å²) in [7, 11) is 0. The Morgan fingerprint density at radius 2 is 1.33 bits per heavy atom. The SMILES string of the molecule is CCOC(=O)CN(Cc1cc2cc(Cl)ccc2oc1=O)Cc1cc2cc(Cl)ccc2oc1=O. The normalized spacial score (nSPS) is 11.4. The number of hydrogen-bond donors (Lipinski definition) is 0. The van der Waals surface area contributed by atoms with Crippen LogP contribution in [-0.4, -0.2) is 24.0 Å². The molecule has 33 heavy (non-hydrogen) atoms. The highest BCUT2D eigenvalue weighted by molar-refractivity contribution is 6.31. The molecule has 0 atom stereocenters. The molecule has 0 fully saturated rings. The molecule has 0 unspecified atom stereocenters. The Bertz CT molecular complexity index is 1360. The summed E-state index contributed by atoms with van der Waals surface area (Å²) in [5, 5.41) is 2.29. The molecule has 0 radical (unpaired) electrons. The Morgan fingerprint density at radius 1 is 0.848 bits per heavy atom. The maximum atomic E-state index is 12.6. The topological polar surface area (TPSA) is 90.0 Å². The van der Waals surface area contributed by atoms with Crippen molar-refractivity contribution in [2.24, 2.45) is 0 Å². The number of nitrogens with zero attached hydrogens (tertiary/aromatic N) is 1. The zero-order chi connectivity index (χ0) is 23.5. The van der Waals surface area contributed by atoms with Crippen LogP contribution in [0, 0.1) is 0 Å². The van der Waals surface area contributed by atoms with Gasteiger partial charge in [0, 0.05) is 33.9 Å². The van der Waals surface area contributed by atoms with Gasteiger partial charge < -0.3 is 13.6 Å². The molecule has 0 N–H and O–H groups in total. The first-order valence-electron chi connectivity index (χ1n) is 10.1. The largest absolute Gasteiger partial charge is 0.465 e. The molecule has 9 heteroatoms. The third-order valence-corrected chi connectivity index (χ3v) is 5.45. The van der Waals surface area contributed by atoms with Crippen molar-refractivity contribution in [3.05, 3.63) is 90.5 Å². The molecule has 7 nitrogen and oxygen atoms in total. The molecule has 2 aromatic heterocycles. The van der Waals surface area contributed by atoms with Crippen molar-refractivity contribution >= 4 is 51.1 Å². The minimum absolute atomic E-state index is 0.0383. The van der Waals surface area contributed by atoms with E-state index in [-0.39, 0.29) is 26.2 Å². The number of ether oxygens (including phenoxy) is 1. The van der Waals surface area contributed by atoms with E-state index in [0.29, 0.717) is 43.1 Å². The van der Waals surface area contributed by atoms with Crippen LogP contribution in [0.25, 0.3) is 21.9 Å². The van der Waals surface area contributed by atoms with E-state index in [4.69, 9.17) is 36.8 Å². The summed E-state index contributed by atoms with van der Waals surface area (Å²) in [6, 6.07) is 13.2. The number of rotatable bonds is 7. The first kappa shape index (κ1) is 23.0. The van der Waals surface area contributed by atoms with Gasteiger partial charge in [0.15, 0.2) is 0 Å². The summed E-state index contributed by atoms with van der Waals surface area (Å²) in [5.41, 5.74) is 0.325. The number of carbonyl (C=O) groups excluding carboxylic acids is 1. The number of esters is 1. The molecule has 4 rings (SSSR count). The Hall–Kier alpha value is -3.13. The highest BCUT2D eigenvalue weighted by Gasteiger charge is 2.18. The standard InChI is InChI=1S/C24H19Cl2NO6/c1-2-31-22(28)13-27(11-16-7-14-9-18(25)3-5-20(14)32-23(16)29)12-17-8-15-10-19(26)4-6-21(15)33-24(17)30/h3-10H,2,11-13H2,1H3. The summed E-state index contributed by atoms with van der Waals surface area (Å²) in [6.45, 7) is 1.84. The minimum Gasteiger partial charge on any atom is -0.465 e. The van der Waals surface area contributed by atoms with E-state index in [0.717, 1.165) is 0 Å². The fourth-order valence-corrected chi connectivity index (χ4v) is 3.89. The van der Waals surface area contributed by atoms with Crippen molar-refractivity contribution in [1.82, 2.24) is 4.90 Å². The lowest BCUT2D eigenvalue weighted by Crippen LogP contribution is -2.33. The lowest BCUT2D eigenvalue weighted by Gasteiger charge is -2.20. The fourth-order valence-electron chi connectivity index (χ4n) is 3.53. The molecule has 0 aliphatic carbocycles. The van der Waals surface area contributed by atoms with Gasteiger partial charge in [0.25, 0.3) is 0 Å². The third kappa shape index (κ3) is 5.45. The predicted octanol–water partition coefficient (Wildman–Crippen LogP) is 4.77. The Morgan fingerprint density at radius 3 is 1.79 bits per heavy atom. The number of benzene rings is 2. The molecular formula is C24H19Cl2NO6. The van der Waals surface area contributed by atoms with Crippen LogP contribution < -0.4 is 11.3 Å². The average molecular weight is 488 g/mol. The predicted molar refractivity (Wildman–Crippen MR) is 126 cm³/mol. The van der Waals surface area contributed by atoms with Crippen LogP contribution >= 0.6 is 23.2 Å². The van der Waals surface area contributed by atoms with Gasteiger partial charge in [-0.1, -0.05) is 23.2 Å². The summed E-state index contributed by atoms with van der Waals surface area (Å²) in [6.07, 6.45) is 0. The molecule has 0 bridgehead atoms. The molecule has 2 heterocycles. The van der Waals surface area contributed by atoms with Crippen LogP contribution in [0.15, 0.2) is 67.0 Å². The van der Waals surface area contributed by atoms with Crippen molar-refractivity contribution in [2.75, 3.05) is 13.2 Å². The van der Waals surface area contributed by atoms with E-state index < -0.39 is 17.2 Å². The van der Waals surface area contributed by atoms with E-state index in [9.17, 15) is 14.4 Å². The molecule has 2 aromatic carbocycles. The highest BCUT2D eigenvalue weighted by Crippen LogP contribution is 2.21. The van der Waals surface area contributed by atoms with Crippen LogP contribution in [0.4, 0.5) is 0 Å². The number of fused-ring (bicyclic) bond motifs is 2. The molecule has 0 amide bonds. The van der Waals surface area contributed by atoms with Gasteiger partial charge in [0.1, 0.15) is 11.2 Å². The second-order valence-electron chi connectivity index (χ2n) is 7.43. The number of hydrogen-bond acceptors (Lipinski definition) is 7. The lowest BCUT2D eigenvalue weighted by atomic mass is 10.1. The van der Waals surface area contributed by atoms with Gasteiger partial charge >= 0.3 is 17.2 Å². The van der Waals surface area contributed by atoms with E-state index in [1.165, 1.54) is 0 Å².